The summed E-state index contributed by atoms with van der Waals surface area (Å²) in [6.07, 6.45) is 1.50. The molecule has 0 unspecified atom stereocenters. The summed E-state index contributed by atoms with van der Waals surface area (Å²) in [6, 6.07) is 5.72. The number of fused-ring (bicyclic) bond motifs is 1. The summed E-state index contributed by atoms with van der Waals surface area (Å²) in [5, 5.41) is 0.795. The van der Waals surface area contributed by atoms with Crippen molar-refractivity contribution in [3.8, 4) is 11.5 Å². The molecule has 28 heavy (non-hydrogen) atoms. The van der Waals surface area contributed by atoms with Gasteiger partial charge in [0.25, 0.3) is 0 Å². The maximum absolute atomic E-state index is 12.1. The Bertz CT molecular complexity index is 1040. The zero-order valence-electron chi connectivity index (χ0n) is 16.9. The van der Waals surface area contributed by atoms with Gasteiger partial charge in [0, 0.05) is 0 Å². The predicted octanol–water partition coefficient (Wildman–Crippen LogP) is 2.87. The van der Waals surface area contributed by atoms with Gasteiger partial charge in [-0.05, 0) is 0 Å². The zero-order valence-corrected chi connectivity index (χ0v) is 18.6. The summed E-state index contributed by atoms with van der Waals surface area (Å²) >= 11 is -0.114. The minimum atomic E-state index is -0.394. The van der Waals surface area contributed by atoms with Gasteiger partial charge >= 0.3 is 170 Å². The number of benzene rings is 1. The number of nitrogens with zero attached hydrogens (tertiary/aromatic N) is 3. The van der Waals surface area contributed by atoms with Crippen LogP contribution in [0.1, 0.15) is 34.4 Å². The van der Waals surface area contributed by atoms with Gasteiger partial charge in [0.1, 0.15) is 0 Å². The first-order valence-corrected chi connectivity index (χ1v) is 10.4. The van der Waals surface area contributed by atoms with Gasteiger partial charge in [0.2, 0.25) is 0 Å². The molecule has 2 N–H and O–H groups in total. The van der Waals surface area contributed by atoms with Crippen LogP contribution in [-0.4, -0.2) is 51.6 Å². The Morgan fingerprint density at radius 2 is 1.75 bits per heavy atom. The molecule has 8 heteroatoms. The average molecular weight is 447 g/mol. The second-order valence-electron chi connectivity index (χ2n) is 7.42. The molecule has 1 aromatic carbocycles. The first kappa shape index (κ1) is 20.2. The fourth-order valence-corrected chi connectivity index (χ4v) is 5.23. The number of anilines is 2. The zero-order chi connectivity index (χ0) is 20.6. The number of aromatic nitrogens is 2. The number of rotatable bonds is 5. The summed E-state index contributed by atoms with van der Waals surface area (Å²) in [5.74, 6) is 1.46. The molecule has 0 bridgehead atoms. The molecule has 0 saturated carbocycles. The first-order valence-electron chi connectivity index (χ1n) is 8.72. The second kappa shape index (κ2) is 7.45. The van der Waals surface area contributed by atoms with E-state index in [1.165, 1.54) is 10.8 Å². The molecular weight excluding hydrogens is 423 g/mol. The van der Waals surface area contributed by atoms with E-state index in [0.29, 0.717) is 21.8 Å². The maximum atomic E-state index is 12.1. The van der Waals surface area contributed by atoms with Crippen molar-refractivity contribution in [1.29, 1.82) is 0 Å². The van der Waals surface area contributed by atoms with E-state index in [9.17, 15) is 4.79 Å². The number of primary amides is 1. The number of methoxy groups -OCH3 is 2. The topological polar surface area (TPSA) is 90.6 Å². The van der Waals surface area contributed by atoms with Crippen molar-refractivity contribution in [1.82, 2.24) is 9.97 Å². The molecular formula is C20H24N4O3Se. The first-order chi connectivity index (χ1) is 13.2. The molecule has 0 saturated heterocycles. The summed E-state index contributed by atoms with van der Waals surface area (Å²) in [4.78, 5) is 22.8. The van der Waals surface area contributed by atoms with Crippen molar-refractivity contribution in [2.24, 2.45) is 5.73 Å². The number of carbonyl (C=O) groups excluding carboxylic acids is 1. The fourth-order valence-electron chi connectivity index (χ4n) is 2.93. The molecule has 0 aliphatic heterocycles. The Morgan fingerprint density at radius 3 is 2.32 bits per heavy atom. The van der Waals surface area contributed by atoms with Gasteiger partial charge in [-0.15, -0.1) is 0 Å². The van der Waals surface area contributed by atoms with Gasteiger partial charge in [0.15, 0.2) is 0 Å². The predicted molar refractivity (Wildman–Crippen MR) is 111 cm³/mol. The molecule has 0 spiro atoms. The van der Waals surface area contributed by atoms with E-state index < -0.39 is 5.91 Å². The SMILES string of the molecule is COc1cc2ncnc(N(C)c3cc(C(C)(C)C)[se]c3C(N)=O)c2cc1OC. The Morgan fingerprint density at radius 1 is 1.11 bits per heavy atom. The van der Waals surface area contributed by atoms with Gasteiger partial charge in [-0.2, -0.15) is 0 Å². The minimum absolute atomic E-state index is 0.0341. The van der Waals surface area contributed by atoms with Crippen LogP contribution in [0.15, 0.2) is 24.5 Å². The standard InChI is InChI=1S/C20H24N4O3Se/c1-20(2,3)16-9-13(17(28-16)18(21)25)24(4)19-11-7-14(26-5)15(27-6)8-12(11)22-10-23-19/h7-10H,1-6H3,(H2,21,25). The van der Waals surface area contributed by atoms with Gasteiger partial charge in [0.05, 0.1) is 0 Å². The monoisotopic (exact) mass is 448 g/mol. The Balaban J connectivity index is 2.20. The van der Waals surface area contributed by atoms with Crippen LogP contribution in [0.4, 0.5) is 11.5 Å². The van der Waals surface area contributed by atoms with Gasteiger partial charge in [-0.3, -0.25) is 0 Å². The van der Waals surface area contributed by atoms with E-state index in [-0.39, 0.29) is 19.9 Å². The molecule has 0 radical (unpaired) electrons. The van der Waals surface area contributed by atoms with E-state index in [1.54, 1.807) is 14.2 Å². The van der Waals surface area contributed by atoms with Crippen molar-refractivity contribution in [3.05, 3.63) is 33.4 Å². The molecule has 0 atom stereocenters. The van der Waals surface area contributed by atoms with Gasteiger partial charge in [-0.1, -0.05) is 0 Å². The summed E-state index contributed by atoms with van der Waals surface area (Å²) in [6.45, 7) is 6.41. The number of ether oxygens (including phenoxy) is 2. The molecule has 0 fully saturated rings. The molecule has 7 nitrogen and oxygen atoms in total. The third-order valence-electron chi connectivity index (χ3n) is 4.47. The molecule has 3 aromatic rings. The summed E-state index contributed by atoms with van der Waals surface area (Å²) in [5.41, 5.74) is 7.17. The van der Waals surface area contributed by atoms with Crippen LogP contribution < -0.4 is 20.1 Å². The van der Waals surface area contributed by atoms with E-state index in [4.69, 9.17) is 15.2 Å². The van der Waals surface area contributed by atoms with E-state index in [0.717, 1.165) is 16.6 Å². The van der Waals surface area contributed by atoms with Crippen molar-refractivity contribution < 1.29 is 14.3 Å². The second-order valence-corrected chi connectivity index (χ2v) is 9.63. The average Bonchev–Trinajstić information content (AvgIpc) is 3.12. The Labute approximate surface area is 170 Å². The molecule has 2 aromatic heterocycles. The fraction of sp³-hybridized carbons (Fsp3) is 0.350. The number of nitrogens with two attached hydrogens (primary N) is 1. The number of hydrogen-bond acceptors (Lipinski definition) is 6. The van der Waals surface area contributed by atoms with Crippen LogP contribution in [0.25, 0.3) is 10.9 Å². The van der Waals surface area contributed by atoms with Crippen molar-refractivity contribution in [2.45, 2.75) is 26.2 Å². The van der Waals surface area contributed by atoms with Crippen LogP contribution in [0.5, 0.6) is 11.5 Å². The van der Waals surface area contributed by atoms with Crippen molar-refractivity contribution >= 4 is 42.8 Å². The van der Waals surface area contributed by atoms with Crippen LogP contribution >= 0.6 is 0 Å². The van der Waals surface area contributed by atoms with Crippen LogP contribution in [0, 0.1) is 0 Å². The molecule has 148 valence electrons. The van der Waals surface area contributed by atoms with Crippen LogP contribution in [0.3, 0.4) is 0 Å². The molecule has 0 aliphatic rings. The summed E-state index contributed by atoms with van der Waals surface area (Å²) in [7, 11) is 5.05. The van der Waals surface area contributed by atoms with Gasteiger partial charge < -0.3 is 0 Å². The number of carbonyl (C=O) groups is 1. The Hall–Kier alpha value is -2.57. The van der Waals surface area contributed by atoms with E-state index in [2.05, 4.69) is 36.8 Å². The van der Waals surface area contributed by atoms with Gasteiger partial charge in [-0.25, -0.2) is 0 Å². The third-order valence-corrected chi connectivity index (χ3v) is 7.76. The molecule has 1 amide bonds. The number of hydrogen-bond donors (Lipinski definition) is 1. The normalized spacial score (nSPS) is 11.5. The van der Waals surface area contributed by atoms with Crippen molar-refractivity contribution in [3.63, 3.8) is 0 Å². The molecule has 0 aliphatic carbocycles. The van der Waals surface area contributed by atoms with Crippen LogP contribution in [0.2, 0.25) is 0 Å². The van der Waals surface area contributed by atoms with E-state index in [1.807, 2.05) is 24.1 Å². The third kappa shape index (κ3) is 3.57. The number of amides is 1. The molecule has 3 rings (SSSR count). The summed E-state index contributed by atoms with van der Waals surface area (Å²) < 4.78 is 12.7. The van der Waals surface area contributed by atoms with Crippen molar-refractivity contribution in [2.75, 3.05) is 26.2 Å². The quantitative estimate of drug-likeness (QED) is 0.605. The Kier molecular flexibility index (Phi) is 5.37. The van der Waals surface area contributed by atoms with Crippen LogP contribution in [-0.2, 0) is 5.41 Å². The molecule has 2 heterocycles. The van der Waals surface area contributed by atoms with E-state index >= 15 is 0 Å².